The molecule has 1 aromatic rings. The Hall–Kier alpha value is -0.820. The number of benzene rings is 1. The Labute approximate surface area is 106 Å². The average molecular weight is 234 g/mol. The summed E-state index contributed by atoms with van der Waals surface area (Å²) in [6.45, 7) is 10.6. The van der Waals surface area contributed by atoms with Crippen LogP contribution in [-0.2, 0) is 16.8 Å². The lowest BCUT2D eigenvalue weighted by atomic mass is 9.87. The molecule has 1 nitrogen and oxygen atoms in total. The molecule has 0 bridgehead atoms. The van der Waals surface area contributed by atoms with Crippen molar-refractivity contribution in [2.75, 3.05) is 6.61 Å². The zero-order valence-corrected chi connectivity index (χ0v) is 11.8. The quantitative estimate of drug-likeness (QED) is 0.649. The van der Waals surface area contributed by atoms with Crippen molar-refractivity contribution in [1.82, 2.24) is 0 Å². The lowest BCUT2D eigenvalue weighted by molar-refractivity contribution is 0.117. The zero-order chi connectivity index (χ0) is 12.7. The van der Waals surface area contributed by atoms with Crippen LogP contribution in [0.2, 0.25) is 0 Å². The van der Waals surface area contributed by atoms with Gasteiger partial charge in [0, 0.05) is 6.61 Å². The van der Waals surface area contributed by atoms with Crippen molar-refractivity contribution in [2.24, 2.45) is 0 Å². The molecule has 0 aliphatic rings. The fourth-order valence-electron chi connectivity index (χ4n) is 1.75. The molecule has 0 aliphatic heterocycles. The third kappa shape index (κ3) is 5.36. The summed E-state index contributed by atoms with van der Waals surface area (Å²) >= 11 is 0. The third-order valence-corrected chi connectivity index (χ3v) is 2.98. The van der Waals surface area contributed by atoms with E-state index in [1.807, 2.05) is 0 Å². The molecule has 96 valence electrons. The molecule has 0 aromatic heterocycles. The number of rotatable bonds is 6. The maximum Gasteiger partial charge on any atom is 0.0716 e. The van der Waals surface area contributed by atoms with Crippen molar-refractivity contribution in [2.45, 2.75) is 59.0 Å². The second kappa shape index (κ2) is 6.80. The van der Waals surface area contributed by atoms with Gasteiger partial charge >= 0.3 is 0 Å². The van der Waals surface area contributed by atoms with E-state index in [1.165, 1.54) is 30.4 Å². The van der Waals surface area contributed by atoms with Gasteiger partial charge in [-0.2, -0.15) is 0 Å². The monoisotopic (exact) mass is 234 g/mol. The predicted octanol–water partition coefficient (Wildman–Crippen LogP) is 4.69. The molecule has 1 aromatic carbocycles. The number of hydrogen-bond acceptors (Lipinski definition) is 1. The molecule has 0 radical (unpaired) electrons. The van der Waals surface area contributed by atoms with Crippen LogP contribution >= 0.6 is 0 Å². The van der Waals surface area contributed by atoms with Crippen molar-refractivity contribution >= 4 is 0 Å². The van der Waals surface area contributed by atoms with Gasteiger partial charge in [0.2, 0.25) is 0 Å². The van der Waals surface area contributed by atoms with Crippen molar-refractivity contribution < 1.29 is 4.74 Å². The van der Waals surface area contributed by atoms with Gasteiger partial charge in [-0.15, -0.1) is 0 Å². The minimum Gasteiger partial charge on any atom is -0.377 e. The lowest BCUT2D eigenvalue weighted by Gasteiger charge is -2.19. The highest BCUT2D eigenvalue weighted by atomic mass is 16.5. The maximum atomic E-state index is 5.65. The van der Waals surface area contributed by atoms with Crippen LogP contribution in [0.15, 0.2) is 24.3 Å². The van der Waals surface area contributed by atoms with Crippen LogP contribution in [0, 0.1) is 0 Å². The Morgan fingerprint density at radius 2 is 1.65 bits per heavy atom. The Morgan fingerprint density at radius 3 is 2.18 bits per heavy atom. The molecule has 0 unspecified atom stereocenters. The van der Waals surface area contributed by atoms with Crippen LogP contribution in [-0.4, -0.2) is 6.61 Å². The van der Waals surface area contributed by atoms with E-state index < -0.39 is 0 Å². The summed E-state index contributed by atoms with van der Waals surface area (Å²) in [5.74, 6) is 0. The van der Waals surface area contributed by atoms with Crippen LogP contribution in [0.25, 0.3) is 0 Å². The highest BCUT2D eigenvalue weighted by Gasteiger charge is 2.12. The highest BCUT2D eigenvalue weighted by molar-refractivity contribution is 5.27. The summed E-state index contributed by atoms with van der Waals surface area (Å²) in [5, 5.41) is 0. The molecule has 0 saturated carbocycles. The first kappa shape index (κ1) is 14.2. The van der Waals surface area contributed by atoms with Gasteiger partial charge < -0.3 is 4.74 Å². The minimum atomic E-state index is 0.237. The van der Waals surface area contributed by atoms with Gasteiger partial charge in [0.15, 0.2) is 0 Å². The number of unbranched alkanes of at least 4 members (excludes halogenated alkanes) is 2. The van der Waals surface area contributed by atoms with Gasteiger partial charge in [0.05, 0.1) is 6.61 Å². The molecule has 17 heavy (non-hydrogen) atoms. The number of ether oxygens (including phenoxy) is 1. The van der Waals surface area contributed by atoms with Gasteiger partial charge in [-0.3, -0.25) is 0 Å². The fourth-order valence-corrected chi connectivity index (χ4v) is 1.75. The first-order valence-corrected chi connectivity index (χ1v) is 6.71. The van der Waals surface area contributed by atoms with E-state index in [4.69, 9.17) is 4.74 Å². The van der Waals surface area contributed by atoms with E-state index >= 15 is 0 Å². The summed E-state index contributed by atoms with van der Waals surface area (Å²) in [4.78, 5) is 0. The van der Waals surface area contributed by atoms with Crippen LogP contribution in [0.5, 0.6) is 0 Å². The van der Waals surface area contributed by atoms with Crippen LogP contribution in [0.4, 0.5) is 0 Å². The molecule has 0 saturated heterocycles. The summed E-state index contributed by atoms with van der Waals surface area (Å²) in [7, 11) is 0. The summed E-state index contributed by atoms with van der Waals surface area (Å²) in [5.41, 5.74) is 2.89. The minimum absolute atomic E-state index is 0.237. The van der Waals surface area contributed by atoms with Gasteiger partial charge in [-0.1, -0.05) is 64.8 Å². The molecular weight excluding hydrogens is 208 g/mol. The third-order valence-electron chi connectivity index (χ3n) is 2.98. The Kier molecular flexibility index (Phi) is 5.70. The van der Waals surface area contributed by atoms with Crippen molar-refractivity contribution in [3.63, 3.8) is 0 Å². The molecule has 0 spiro atoms. The fraction of sp³-hybridized carbons (Fsp3) is 0.625. The van der Waals surface area contributed by atoms with E-state index in [2.05, 4.69) is 52.0 Å². The Morgan fingerprint density at radius 1 is 1.00 bits per heavy atom. The topological polar surface area (TPSA) is 9.23 Å². The molecule has 0 aliphatic carbocycles. The van der Waals surface area contributed by atoms with Gasteiger partial charge in [-0.25, -0.2) is 0 Å². The normalized spacial score (nSPS) is 11.8. The Bertz CT molecular complexity index is 305. The smallest absolute Gasteiger partial charge is 0.0716 e. The lowest BCUT2D eigenvalue weighted by Crippen LogP contribution is -2.10. The second-order valence-electron chi connectivity index (χ2n) is 5.71. The second-order valence-corrected chi connectivity index (χ2v) is 5.71. The molecule has 1 heteroatoms. The Balaban J connectivity index is 2.36. The van der Waals surface area contributed by atoms with Crippen molar-refractivity contribution in [1.29, 1.82) is 0 Å². The van der Waals surface area contributed by atoms with E-state index in [0.717, 1.165) is 13.2 Å². The van der Waals surface area contributed by atoms with Crippen molar-refractivity contribution in [3.8, 4) is 0 Å². The zero-order valence-electron chi connectivity index (χ0n) is 11.8. The predicted molar refractivity (Wildman–Crippen MR) is 74.3 cm³/mol. The van der Waals surface area contributed by atoms with Gasteiger partial charge in [0.25, 0.3) is 0 Å². The summed E-state index contributed by atoms with van der Waals surface area (Å²) in [6.07, 6.45) is 3.70. The van der Waals surface area contributed by atoms with E-state index in [9.17, 15) is 0 Å². The van der Waals surface area contributed by atoms with Gasteiger partial charge in [-0.05, 0) is 23.0 Å². The molecule has 0 N–H and O–H groups in total. The number of hydrogen-bond donors (Lipinski definition) is 0. The molecule has 1 rings (SSSR count). The molecule has 0 atom stereocenters. The van der Waals surface area contributed by atoms with Crippen LogP contribution in [0.1, 0.15) is 58.1 Å². The van der Waals surface area contributed by atoms with Crippen molar-refractivity contribution in [3.05, 3.63) is 35.4 Å². The van der Waals surface area contributed by atoms with Gasteiger partial charge in [0.1, 0.15) is 0 Å². The first-order valence-electron chi connectivity index (χ1n) is 6.71. The average Bonchev–Trinajstić information content (AvgIpc) is 2.28. The SMILES string of the molecule is CCCCCOCc1ccc(C(C)(C)C)cc1. The summed E-state index contributed by atoms with van der Waals surface area (Å²) < 4.78 is 5.65. The molecule has 0 amide bonds. The highest BCUT2D eigenvalue weighted by Crippen LogP contribution is 2.22. The molecule has 0 fully saturated rings. The standard InChI is InChI=1S/C16H26O/c1-5-6-7-12-17-13-14-8-10-15(11-9-14)16(2,3)4/h8-11H,5-7,12-13H2,1-4H3. The van der Waals surface area contributed by atoms with Crippen LogP contribution < -0.4 is 0 Å². The van der Waals surface area contributed by atoms with E-state index in [1.54, 1.807) is 0 Å². The molecule has 0 heterocycles. The maximum absolute atomic E-state index is 5.65. The summed E-state index contributed by atoms with van der Waals surface area (Å²) in [6, 6.07) is 8.79. The van der Waals surface area contributed by atoms with E-state index in [-0.39, 0.29) is 5.41 Å². The largest absolute Gasteiger partial charge is 0.377 e. The first-order chi connectivity index (χ1) is 8.04. The van der Waals surface area contributed by atoms with E-state index in [0.29, 0.717) is 0 Å². The van der Waals surface area contributed by atoms with Crippen LogP contribution in [0.3, 0.4) is 0 Å². The molecular formula is C16H26O.